The van der Waals surface area contributed by atoms with Crippen molar-refractivity contribution in [3.05, 3.63) is 47.5 Å². The van der Waals surface area contributed by atoms with Crippen LogP contribution in [0, 0.1) is 5.92 Å². The SMILES string of the molecule is COc1ccc2c(c1)CC(C(=O)NCCc1ccc(OC)c(OC)c1)CO2. The van der Waals surface area contributed by atoms with Gasteiger partial charge in [0.05, 0.1) is 27.2 Å². The number of carbonyl (C=O) groups excluding carboxylic acids is 1. The second-order valence-electron chi connectivity index (χ2n) is 6.42. The summed E-state index contributed by atoms with van der Waals surface area (Å²) in [5.41, 5.74) is 2.07. The molecule has 1 heterocycles. The normalized spacial score (nSPS) is 15.3. The summed E-state index contributed by atoms with van der Waals surface area (Å²) < 4.78 is 21.5. The predicted octanol–water partition coefficient (Wildman–Crippen LogP) is 2.62. The molecular weight excluding hydrogens is 346 g/mol. The first-order valence-corrected chi connectivity index (χ1v) is 8.93. The minimum atomic E-state index is -0.199. The zero-order valence-electron chi connectivity index (χ0n) is 15.9. The zero-order chi connectivity index (χ0) is 19.2. The van der Waals surface area contributed by atoms with Gasteiger partial charge in [-0.05, 0) is 54.3 Å². The van der Waals surface area contributed by atoms with E-state index in [9.17, 15) is 4.79 Å². The van der Waals surface area contributed by atoms with E-state index < -0.39 is 0 Å². The molecule has 6 nitrogen and oxygen atoms in total. The first kappa shape index (κ1) is 18.9. The van der Waals surface area contributed by atoms with E-state index in [1.165, 1.54) is 0 Å². The van der Waals surface area contributed by atoms with E-state index in [4.69, 9.17) is 18.9 Å². The second kappa shape index (κ2) is 8.66. The Morgan fingerprint density at radius 3 is 2.63 bits per heavy atom. The van der Waals surface area contributed by atoms with Crippen molar-refractivity contribution in [2.75, 3.05) is 34.5 Å². The van der Waals surface area contributed by atoms with Crippen LogP contribution in [0.25, 0.3) is 0 Å². The number of amides is 1. The van der Waals surface area contributed by atoms with Gasteiger partial charge in [-0.15, -0.1) is 0 Å². The van der Waals surface area contributed by atoms with Gasteiger partial charge in [0.25, 0.3) is 0 Å². The van der Waals surface area contributed by atoms with Gasteiger partial charge in [-0.2, -0.15) is 0 Å². The molecule has 0 radical (unpaired) electrons. The van der Waals surface area contributed by atoms with Crippen LogP contribution in [0.5, 0.6) is 23.0 Å². The number of ether oxygens (including phenoxy) is 4. The van der Waals surface area contributed by atoms with Crippen LogP contribution in [0.1, 0.15) is 11.1 Å². The van der Waals surface area contributed by atoms with Gasteiger partial charge in [-0.25, -0.2) is 0 Å². The molecule has 0 aliphatic carbocycles. The van der Waals surface area contributed by atoms with Crippen molar-refractivity contribution in [3.8, 4) is 23.0 Å². The van der Waals surface area contributed by atoms with Gasteiger partial charge in [0.1, 0.15) is 18.1 Å². The van der Waals surface area contributed by atoms with Crippen LogP contribution in [0.4, 0.5) is 0 Å². The van der Waals surface area contributed by atoms with Gasteiger partial charge >= 0.3 is 0 Å². The molecule has 1 atom stereocenters. The zero-order valence-corrected chi connectivity index (χ0v) is 15.9. The number of carbonyl (C=O) groups is 1. The first-order chi connectivity index (χ1) is 13.1. The Labute approximate surface area is 159 Å². The molecule has 1 aliphatic rings. The van der Waals surface area contributed by atoms with Crippen molar-refractivity contribution < 1.29 is 23.7 Å². The summed E-state index contributed by atoms with van der Waals surface area (Å²) in [6, 6.07) is 11.5. The molecule has 2 aromatic rings. The quantitative estimate of drug-likeness (QED) is 0.811. The predicted molar refractivity (Wildman–Crippen MR) is 102 cm³/mol. The Balaban J connectivity index is 1.54. The maximum absolute atomic E-state index is 12.5. The largest absolute Gasteiger partial charge is 0.497 e. The smallest absolute Gasteiger partial charge is 0.226 e. The van der Waals surface area contributed by atoms with Gasteiger partial charge in [0.15, 0.2) is 11.5 Å². The molecule has 6 heteroatoms. The standard InChI is InChI=1S/C21H25NO5/c1-24-17-5-7-18-15(12-17)11-16(13-27-18)21(23)22-9-8-14-4-6-19(25-2)20(10-14)26-3/h4-7,10,12,16H,8-9,11,13H2,1-3H3,(H,22,23). The summed E-state index contributed by atoms with van der Waals surface area (Å²) in [5.74, 6) is 2.78. The molecule has 1 N–H and O–H groups in total. The summed E-state index contributed by atoms with van der Waals surface area (Å²) >= 11 is 0. The summed E-state index contributed by atoms with van der Waals surface area (Å²) in [4.78, 5) is 12.5. The number of methoxy groups -OCH3 is 3. The molecule has 0 aromatic heterocycles. The first-order valence-electron chi connectivity index (χ1n) is 8.93. The molecule has 144 valence electrons. The van der Waals surface area contributed by atoms with Gasteiger partial charge < -0.3 is 24.3 Å². The Hall–Kier alpha value is -2.89. The summed E-state index contributed by atoms with van der Waals surface area (Å²) in [7, 11) is 4.85. The van der Waals surface area contributed by atoms with E-state index in [2.05, 4.69) is 5.32 Å². The highest BCUT2D eigenvalue weighted by atomic mass is 16.5. The van der Waals surface area contributed by atoms with Crippen molar-refractivity contribution in [3.63, 3.8) is 0 Å². The monoisotopic (exact) mass is 371 g/mol. The molecular formula is C21H25NO5. The number of nitrogens with one attached hydrogen (secondary N) is 1. The Morgan fingerprint density at radius 1 is 1.07 bits per heavy atom. The third-order valence-electron chi connectivity index (χ3n) is 4.71. The summed E-state index contributed by atoms with van der Waals surface area (Å²) in [5, 5.41) is 3.00. The molecule has 1 aliphatic heterocycles. The summed E-state index contributed by atoms with van der Waals surface area (Å²) in [6.07, 6.45) is 1.36. The molecule has 0 fully saturated rings. The van der Waals surface area contributed by atoms with Crippen LogP contribution < -0.4 is 24.3 Å². The lowest BCUT2D eigenvalue weighted by molar-refractivity contribution is -0.126. The molecule has 0 bridgehead atoms. The molecule has 0 saturated carbocycles. The minimum Gasteiger partial charge on any atom is -0.497 e. The Bertz CT molecular complexity index is 805. The molecule has 27 heavy (non-hydrogen) atoms. The maximum Gasteiger partial charge on any atom is 0.226 e. The van der Waals surface area contributed by atoms with Crippen LogP contribution >= 0.6 is 0 Å². The van der Waals surface area contributed by atoms with E-state index in [0.717, 1.165) is 22.6 Å². The Kier molecular flexibility index (Phi) is 6.06. The van der Waals surface area contributed by atoms with E-state index in [1.807, 2.05) is 36.4 Å². The number of fused-ring (bicyclic) bond motifs is 1. The number of hydrogen-bond acceptors (Lipinski definition) is 5. The fourth-order valence-electron chi connectivity index (χ4n) is 3.18. The van der Waals surface area contributed by atoms with E-state index in [1.54, 1.807) is 21.3 Å². The lowest BCUT2D eigenvalue weighted by Crippen LogP contribution is -2.38. The highest BCUT2D eigenvalue weighted by molar-refractivity contribution is 5.79. The van der Waals surface area contributed by atoms with Crippen molar-refractivity contribution in [1.82, 2.24) is 5.32 Å². The fourth-order valence-corrected chi connectivity index (χ4v) is 3.18. The average molecular weight is 371 g/mol. The third-order valence-corrected chi connectivity index (χ3v) is 4.71. The minimum absolute atomic E-state index is 0.00365. The van der Waals surface area contributed by atoms with Gasteiger partial charge in [-0.3, -0.25) is 4.79 Å². The average Bonchev–Trinajstić information content (AvgIpc) is 2.72. The molecule has 1 amide bonds. The number of benzene rings is 2. The highest BCUT2D eigenvalue weighted by Crippen LogP contribution is 2.31. The van der Waals surface area contributed by atoms with Crippen molar-refractivity contribution in [2.45, 2.75) is 12.8 Å². The van der Waals surface area contributed by atoms with Crippen molar-refractivity contribution >= 4 is 5.91 Å². The van der Waals surface area contributed by atoms with Crippen LogP contribution in [0.3, 0.4) is 0 Å². The lowest BCUT2D eigenvalue weighted by Gasteiger charge is -2.25. The second-order valence-corrected chi connectivity index (χ2v) is 6.42. The van der Waals surface area contributed by atoms with Gasteiger partial charge in [0.2, 0.25) is 5.91 Å². The van der Waals surface area contributed by atoms with Gasteiger partial charge in [-0.1, -0.05) is 6.07 Å². The third kappa shape index (κ3) is 4.45. The molecule has 0 spiro atoms. The molecule has 2 aromatic carbocycles. The van der Waals surface area contributed by atoms with Crippen molar-refractivity contribution in [2.24, 2.45) is 5.92 Å². The molecule has 1 unspecified atom stereocenters. The highest BCUT2D eigenvalue weighted by Gasteiger charge is 2.26. The molecule has 3 rings (SSSR count). The van der Waals surface area contributed by atoms with E-state index >= 15 is 0 Å². The summed E-state index contributed by atoms with van der Waals surface area (Å²) in [6.45, 7) is 0.942. The topological polar surface area (TPSA) is 66.0 Å². The van der Waals surface area contributed by atoms with Crippen LogP contribution in [0.2, 0.25) is 0 Å². The van der Waals surface area contributed by atoms with Crippen LogP contribution in [-0.4, -0.2) is 40.4 Å². The van der Waals surface area contributed by atoms with E-state index in [-0.39, 0.29) is 11.8 Å². The fraction of sp³-hybridized carbons (Fsp3) is 0.381. The maximum atomic E-state index is 12.5. The van der Waals surface area contributed by atoms with Crippen LogP contribution in [-0.2, 0) is 17.6 Å². The van der Waals surface area contributed by atoms with E-state index in [0.29, 0.717) is 37.5 Å². The van der Waals surface area contributed by atoms with Crippen LogP contribution in [0.15, 0.2) is 36.4 Å². The van der Waals surface area contributed by atoms with Crippen molar-refractivity contribution in [1.29, 1.82) is 0 Å². The number of hydrogen-bond donors (Lipinski definition) is 1. The number of rotatable bonds is 7. The van der Waals surface area contributed by atoms with Gasteiger partial charge in [0, 0.05) is 6.54 Å². The Morgan fingerprint density at radius 2 is 1.89 bits per heavy atom. The molecule has 0 saturated heterocycles. The lowest BCUT2D eigenvalue weighted by atomic mass is 9.95.